The summed E-state index contributed by atoms with van der Waals surface area (Å²) in [6, 6.07) is 15.3. The van der Waals surface area contributed by atoms with Gasteiger partial charge in [0.2, 0.25) is 0 Å². The summed E-state index contributed by atoms with van der Waals surface area (Å²) in [7, 11) is 0. The molecule has 8 heteroatoms. The number of rotatable bonds is 7. The number of hydrogen-bond donors (Lipinski definition) is 1. The van der Waals surface area contributed by atoms with Gasteiger partial charge in [0.25, 0.3) is 5.91 Å². The van der Waals surface area contributed by atoms with E-state index in [2.05, 4.69) is 15.6 Å². The van der Waals surface area contributed by atoms with Crippen LogP contribution in [0.15, 0.2) is 53.1 Å². The summed E-state index contributed by atoms with van der Waals surface area (Å²) >= 11 is 6.30. The Morgan fingerprint density at radius 2 is 1.82 bits per heavy atom. The molecule has 2 aromatic heterocycles. The lowest BCUT2D eigenvalue weighted by atomic mass is 10.2. The fourth-order valence-corrected chi connectivity index (χ4v) is 3.80. The van der Waals surface area contributed by atoms with Crippen LogP contribution in [0.2, 0.25) is 5.02 Å². The number of anilines is 1. The van der Waals surface area contributed by atoms with Crippen molar-refractivity contribution in [1.29, 1.82) is 0 Å². The molecule has 0 saturated carbocycles. The topological polar surface area (TPSA) is 82.2 Å². The van der Waals surface area contributed by atoms with Crippen molar-refractivity contribution in [2.24, 2.45) is 0 Å². The van der Waals surface area contributed by atoms with E-state index >= 15 is 0 Å². The van der Waals surface area contributed by atoms with Gasteiger partial charge in [0.15, 0.2) is 5.69 Å². The highest BCUT2D eigenvalue weighted by molar-refractivity contribution is 6.31. The van der Waals surface area contributed by atoms with E-state index in [1.807, 2.05) is 74.0 Å². The average molecular weight is 465 g/mol. The van der Waals surface area contributed by atoms with E-state index in [1.165, 1.54) is 0 Å². The molecule has 0 radical (unpaired) electrons. The van der Waals surface area contributed by atoms with Crippen LogP contribution in [0.5, 0.6) is 5.75 Å². The van der Waals surface area contributed by atoms with Crippen molar-refractivity contribution in [3.05, 3.63) is 93.1 Å². The minimum atomic E-state index is -0.376. The number of halogens is 1. The van der Waals surface area contributed by atoms with Crippen molar-refractivity contribution in [1.82, 2.24) is 14.9 Å². The number of hydrogen-bond acceptors (Lipinski definition) is 5. The molecule has 0 spiro atoms. The van der Waals surface area contributed by atoms with Crippen LogP contribution < -0.4 is 10.1 Å². The second-order valence-corrected chi connectivity index (χ2v) is 8.28. The lowest BCUT2D eigenvalue weighted by molar-refractivity contribution is 0.101. The van der Waals surface area contributed by atoms with Crippen molar-refractivity contribution >= 4 is 23.2 Å². The number of carbonyl (C=O) groups excluding carboxylic acids is 1. The van der Waals surface area contributed by atoms with E-state index in [1.54, 1.807) is 6.92 Å². The molecule has 2 heterocycles. The van der Waals surface area contributed by atoms with Crippen molar-refractivity contribution in [2.45, 2.75) is 40.8 Å². The van der Waals surface area contributed by atoms with Gasteiger partial charge < -0.3 is 14.6 Å². The third kappa shape index (κ3) is 4.78. The Morgan fingerprint density at radius 3 is 2.58 bits per heavy atom. The van der Waals surface area contributed by atoms with Gasteiger partial charge in [-0.3, -0.25) is 9.48 Å². The number of nitrogens with one attached hydrogen (secondary N) is 1. The summed E-state index contributed by atoms with van der Waals surface area (Å²) in [5.74, 6) is 0.910. The minimum Gasteiger partial charge on any atom is -0.488 e. The monoisotopic (exact) mass is 464 g/mol. The van der Waals surface area contributed by atoms with Crippen LogP contribution in [0.3, 0.4) is 0 Å². The van der Waals surface area contributed by atoms with Gasteiger partial charge >= 0.3 is 0 Å². The SMILES string of the molecule is Cc1ccccc1OCc1c(C(=O)Nc2c(C)nn(Cc3ccccc3Cl)c2C)noc1C. The molecule has 0 aliphatic carbocycles. The molecule has 33 heavy (non-hydrogen) atoms. The van der Waals surface area contributed by atoms with Crippen LogP contribution in [0.1, 0.15) is 44.3 Å². The van der Waals surface area contributed by atoms with Gasteiger partial charge in [-0.2, -0.15) is 5.10 Å². The molecule has 0 aliphatic heterocycles. The van der Waals surface area contributed by atoms with Crippen molar-refractivity contribution in [2.75, 3.05) is 5.32 Å². The molecule has 4 rings (SSSR count). The lowest BCUT2D eigenvalue weighted by Gasteiger charge is -2.10. The predicted octanol–water partition coefficient (Wildman–Crippen LogP) is 5.64. The van der Waals surface area contributed by atoms with Crippen LogP contribution in [-0.2, 0) is 13.2 Å². The number of amides is 1. The van der Waals surface area contributed by atoms with Gasteiger partial charge in [0.1, 0.15) is 18.1 Å². The number of aromatic nitrogens is 3. The first-order valence-electron chi connectivity index (χ1n) is 10.6. The summed E-state index contributed by atoms with van der Waals surface area (Å²) in [4.78, 5) is 13.1. The second kappa shape index (κ2) is 9.50. The smallest absolute Gasteiger partial charge is 0.278 e. The van der Waals surface area contributed by atoms with E-state index in [-0.39, 0.29) is 18.2 Å². The fourth-order valence-electron chi connectivity index (χ4n) is 3.60. The molecular formula is C25H25ClN4O3. The van der Waals surface area contributed by atoms with E-state index in [9.17, 15) is 4.79 Å². The average Bonchev–Trinajstić information content (AvgIpc) is 3.29. The molecule has 0 aliphatic rings. The largest absolute Gasteiger partial charge is 0.488 e. The first kappa shape index (κ1) is 22.6. The van der Waals surface area contributed by atoms with Crippen molar-refractivity contribution < 1.29 is 14.1 Å². The van der Waals surface area contributed by atoms with Gasteiger partial charge in [-0.1, -0.05) is 53.2 Å². The summed E-state index contributed by atoms with van der Waals surface area (Å²) in [5, 5.41) is 12.2. The lowest BCUT2D eigenvalue weighted by Crippen LogP contribution is -2.16. The molecule has 1 N–H and O–H groups in total. The molecule has 4 aromatic rings. The Kier molecular flexibility index (Phi) is 6.51. The fraction of sp³-hybridized carbons (Fsp3) is 0.240. The number of para-hydroxylation sites is 1. The quantitative estimate of drug-likeness (QED) is 0.383. The van der Waals surface area contributed by atoms with Crippen molar-refractivity contribution in [3.63, 3.8) is 0 Å². The Balaban J connectivity index is 1.53. The molecule has 0 bridgehead atoms. The molecule has 0 atom stereocenters. The Labute approximate surface area is 197 Å². The highest BCUT2D eigenvalue weighted by atomic mass is 35.5. The molecule has 0 unspecified atom stereocenters. The number of nitrogens with zero attached hydrogens (tertiary/aromatic N) is 3. The molecule has 2 aromatic carbocycles. The maximum atomic E-state index is 13.1. The zero-order valence-corrected chi connectivity index (χ0v) is 19.7. The zero-order chi connectivity index (χ0) is 23.5. The highest BCUT2D eigenvalue weighted by Gasteiger charge is 2.23. The maximum absolute atomic E-state index is 13.1. The van der Waals surface area contributed by atoms with E-state index in [4.69, 9.17) is 20.9 Å². The highest BCUT2D eigenvalue weighted by Crippen LogP contribution is 2.25. The molecule has 170 valence electrons. The summed E-state index contributed by atoms with van der Waals surface area (Å²) in [5.41, 5.74) is 4.91. The van der Waals surface area contributed by atoms with Crippen LogP contribution in [0.4, 0.5) is 5.69 Å². The predicted molar refractivity (Wildman–Crippen MR) is 127 cm³/mol. The minimum absolute atomic E-state index is 0.173. The van der Waals surface area contributed by atoms with Crippen LogP contribution in [0.25, 0.3) is 0 Å². The van der Waals surface area contributed by atoms with Crippen LogP contribution in [0, 0.1) is 27.7 Å². The molecule has 0 fully saturated rings. The Hall–Kier alpha value is -3.58. The summed E-state index contributed by atoms with van der Waals surface area (Å²) in [6.07, 6.45) is 0. The first-order chi connectivity index (χ1) is 15.8. The van der Waals surface area contributed by atoms with E-state index in [0.717, 1.165) is 22.6 Å². The maximum Gasteiger partial charge on any atom is 0.278 e. The molecule has 0 saturated heterocycles. The molecular weight excluding hydrogens is 440 g/mol. The summed E-state index contributed by atoms with van der Waals surface area (Å²) < 4.78 is 13.0. The number of ether oxygens (including phenoxy) is 1. The van der Waals surface area contributed by atoms with Gasteiger partial charge in [-0.15, -0.1) is 0 Å². The van der Waals surface area contributed by atoms with Gasteiger partial charge in [0.05, 0.1) is 29.2 Å². The van der Waals surface area contributed by atoms with Crippen molar-refractivity contribution in [3.8, 4) is 5.75 Å². The normalized spacial score (nSPS) is 10.9. The number of aryl methyl sites for hydroxylation is 3. The third-order valence-corrected chi connectivity index (χ3v) is 5.93. The second-order valence-electron chi connectivity index (χ2n) is 7.87. The van der Waals surface area contributed by atoms with Crippen LogP contribution >= 0.6 is 11.6 Å². The van der Waals surface area contributed by atoms with Gasteiger partial charge in [-0.05, 0) is 51.0 Å². The zero-order valence-electron chi connectivity index (χ0n) is 19.0. The molecule has 7 nitrogen and oxygen atoms in total. The van der Waals surface area contributed by atoms with Crippen LogP contribution in [-0.4, -0.2) is 20.8 Å². The number of carbonyl (C=O) groups is 1. The number of benzene rings is 2. The van der Waals surface area contributed by atoms with E-state index < -0.39 is 0 Å². The first-order valence-corrected chi connectivity index (χ1v) is 10.9. The van der Waals surface area contributed by atoms with Gasteiger partial charge in [-0.25, -0.2) is 0 Å². The van der Waals surface area contributed by atoms with Gasteiger partial charge in [0, 0.05) is 5.02 Å². The van der Waals surface area contributed by atoms with E-state index in [0.29, 0.717) is 34.3 Å². The third-order valence-electron chi connectivity index (χ3n) is 5.56. The summed E-state index contributed by atoms with van der Waals surface area (Å²) in [6.45, 7) is 8.16. The Bertz CT molecular complexity index is 1310. The molecule has 1 amide bonds. The Morgan fingerprint density at radius 1 is 1.09 bits per heavy atom. The standard InChI is InChI=1S/C25H25ClN4O3/c1-15-9-5-8-12-22(15)32-14-20-18(4)33-29-24(20)25(31)27-23-16(2)28-30(17(23)3)13-19-10-6-7-11-21(19)26/h5-12H,13-14H2,1-4H3,(H,27,31).